The van der Waals surface area contributed by atoms with Crippen LogP contribution in [0, 0.1) is 0 Å². The minimum absolute atomic E-state index is 0.0335. The Morgan fingerprint density at radius 1 is 0.962 bits per heavy atom. The topological polar surface area (TPSA) is 83.6 Å². The van der Waals surface area contributed by atoms with E-state index < -0.39 is 11.8 Å². The maximum absolute atomic E-state index is 12.6. The first-order chi connectivity index (χ1) is 12.5. The molecule has 0 aliphatic carbocycles. The molecule has 0 unspecified atom stereocenters. The number of Topliss-reactive ketones (excluding diaryl/α,β-unsaturated/α-hetero) is 1. The number of amides is 3. The molecule has 130 valence electrons. The van der Waals surface area contributed by atoms with Crippen molar-refractivity contribution in [2.75, 3.05) is 11.9 Å². The van der Waals surface area contributed by atoms with E-state index in [0.29, 0.717) is 35.2 Å². The molecule has 0 aromatic heterocycles. The number of imide groups is 1. The second-order valence-corrected chi connectivity index (χ2v) is 6.44. The highest BCUT2D eigenvalue weighted by molar-refractivity contribution is 6.23. The summed E-state index contributed by atoms with van der Waals surface area (Å²) in [5, 5.41) is 2.82. The van der Waals surface area contributed by atoms with Crippen LogP contribution in [0.5, 0.6) is 0 Å². The van der Waals surface area contributed by atoms with E-state index in [1.165, 1.54) is 0 Å². The third-order valence-corrected chi connectivity index (χ3v) is 4.73. The van der Waals surface area contributed by atoms with Gasteiger partial charge in [0, 0.05) is 17.7 Å². The average Bonchev–Trinajstić information content (AvgIpc) is 2.78. The van der Waals surface area contributed by atoms with Gasteiger partial charge in [-0.05, 0) is 48.7 Å². The summed E-state index contributed by atoms with van der Waals surface area (Å²) in [6.07, 6.45) is 1.87. The van der Waals surface area contributed by atoms with Gasteiger partial charge in [0.2, 0.25) is 5.91 Å². The highest BCUT2D eigenvalue weighted by atomic mass is 16.2. The molecular weight excluding hydrogens is 332 g/mol. The SMILES string of the molecule is O=C1CCCc2cc(C(=O)CN3C(=O)c4ccccc4C3=O)ccc2N1. The molecule has 0 spiro atoms. The molecule has 4 rings (SSSR count). The lowest BCUT2D eigenvalue weighted by Gasteiger charge is -2.14. The summed E-state index contributed by atoms with van der Waals surface area (Å²) in [6, 6.07) is 11.6. The zero-order chi connectivity index (χ0) is 18.3. The molecule has 2 aliphatic heterocycles. The first-order valence-corrected chi connectivity index (χ1v) is 8.46. The Labute approximate surface area is 149 Å². The number of benzene rings is 2. The first-order valence-electron chi connectivity index (χ1n) is 8.46. The van der Waals surface area contributed by atoms with Crippen molar-refractivity contribution in [1.29, 1.82) is 0 Å². The molecule has 2 heterocycles. The van der Waals surface area contributed by atoms with Crippen LogP contribution in [0.2, 0.25) is 0 Å². The predicted molar refractivity (Wildman–Crippen MR) is 94.1 cm³/mol. The van der Waals surface area contributed by atoms with Crippen molar-refractivity contribution >= 4 is 29.2 Å². The number of hydrogen-bond donors (Lipinski definition) is 1. The minimum Gasteiger partial charge on any atom is -0.326 e. The summed E-state index contributed by atoms with van der Waals surface area (Å²) in [5.74, 6) is -1.23. The van der Waals surface area contributed by atoms with Gasteiger partial charge in [0.05, 0.1) is 17.7 Å². The molecule has 26 heavy (non-hydrogen) atoms. The first kappa shape index (κ1) is 16.2. The lowest BCUT2D eigenvalue weighted by Crippen LogP contribution is -2.34. The Morgan fingerprint density at radius 2 is 1.65 bits per heavy atom. The Bertz CT molecular complexity index is 929. The van der Waals surface area contributed by atoms with Crippen LogP contribution in [0.4, 0.5) is 5.69 Å². The van der Waals surface area contributed by atoms with Crippen LogP contribution < -0.4 is 5.32 Å². The Balaban J connectivity index is 1.56. The lowest BCUT2D eigenvalue weighted by atomic mass is 10.0. The molecule has 6 heteroatoms. The Kier molecular flexibility index (Phi) is 3.88. The van der Waals surface area contributed by atoms with Crippen LogP contribution in [-0.4, -0.2) is 34.9 Å². The van der Waals surface area contributed by atoms with Crippen LogP contribution >= 0.6 is 0 Å². The molecule has 0 bridgehead atoms. The third kappa shape index (κ3) is 2.69. The van der Waals surface area contributed by atoms with Gasteiger partial charge < -0.3 is 5.32 Å². The molecule has 0 saturated carbocycles. The van der Waals surface area contributed by atoms with Gasteiger partial charge in [0.15, 0.2) is 5.78 Å². The largest absolute Gasteiger partial charge is 0.326 e. The zero-order valence-corrected chi connectivity index (χ0v) is 14.0. The second-order valence-electron chi connectivity index (χ2n) is 6.44. The van der Waals surface area contributed by atoms with Crippen molar-refractivity contribution in [3.05, 3.63) is 64.7 Å². The summed E-state index contributed by atoms with van der Waals surface area (Å²) in [6.45, 7) is -0.294. The number of ketones is 1. The summed E-state index contributed by atoms with van der Waals surface area (Å²) in [7, 11) is 0. The molecule has 0 radical (unpaired) electrons. The van der Waals surface area contributed by atoms with Gasteiger partial charge in [-0.3, -0.25) is 24.1 Å². The summed E-state index contributed by atoms with van der Waals surface area (Å²) < 4.78 is 0. The Hall–Kier alpha value is -3.28. The van der Waals surface area contributed by atoms with Crippen molar-refractivity contribution in [2.24, 2.45) is 0 Å². The number of carbonyl (C=O) groups is 4. The Morgan fingerprint density at radius 3 is 2.35 bits per heavy atom. The molecule has 1 N–H and O–H groups in total. The zero-order valence-electron chi connectivity index (χ0n) is 14.0. The number of hydrogen-bond acceptors (Lipinski definition) is 4. The van der Waals surface area contributed by atoms with Gasteiger partial charge in [-0.1, -0.05) is 12.1 Å². The molecule has 2 aromatic rings. The molecule has 0 atom stereocenters. The van der Waals surface area contributed by atoms with E-state index in [0.717, 1.165) is 16.9 Å². The predicted octanol–water partition coefficient (Wildman–Crippen LogP) is 2.44. The fraction of sp³-hybridized carbons (Fsp3) is 0.200. The monoisotopic (exact) mass is 348 g/mol. The van der Waals surface area contributed by atoms with Gasteiger partial charge in [-0.15, -0.1) is 0 Å². The number of fused-ring (bicyclic) bond motifs is 2. The van der Waals surface area contributed by atoms with E-state index in [1.54, 1.807) is 42.5 Å². The molecule has 0 saturated heterocycles. The minimum atomic E-state index is -0.444. The highest BCUT2D eigenvalue weighted by Gasteiger charge is 2.36. The third-order valence-electron chi connectivity index (χ3n) is 4.73. The molecule has 3 amide bonds. The maximum Gasteiger partial charge on any atom is 0.261 e. The molecule has 0 fully saturated rings. The van der Waals surface area contributed by atoms with E-state index >= 15 is 0 Å². The number of nitrogens with one attached hydrogen (secondary N) is 1. The van der Waals surface area contributed by atoms with E-state index in [9.17, 15) is 19.2 Å². The van der Waals surface area contributed by atoms with Gasteiger partial charge in [-0.25, -0.2) is 0 Å². The van der Waals surface area contributed by atoms with Crippen molar-refractivity contribution in [2.45, 2.75) is 19.3 Å². The lowest BCUT2D eigenvalue weighted by molar-refractivity contribution is -0.116. The van der Waals surface area contributed by atoms with Crippen LogP contribution in [0.15, 0.2) is 42.5 Å². The van der Waals surface area contributed by atoms with E-state index in [1.807, 2.05) is 0 Å². The summed E-state index contributed by atoms with van der Waals surface area (Å²) in [5.41, 5.74) is 2.69. The summed E-state index contributed by atoms with van der Waals surface area (Å²) in [4.78, 5) is 50.0. The molecule has 2 aromatic carbocycles. The van der Waals surface area contributed by atoms with Crippen molar-refractivity contribution in [3.8, 4) is 0 Å². The van der Waals surface area contributed by atoms with Gasteiger partial charge in [0.1, 0.15) is 0 Å². The molecular formula is C20H16N2O4. The van der Waals surface area contributed by atoms with Crippen LogP contribution in [-0.2, 0) is 11.2 Å². The smallest absolute Gasteiger partial charge is 0.261 e. The number of nitrogens with zero attached hydrogens (tertiary/aromatic N) is 1. The van der Waals surface area contributed by atoms with Crippen molar-refractivity contribution < 1.29 is 19.2 Å². The molecule has 2 aliphatic rings. The van der Waals surface area contributed by atoms with E-state index in [-0.39, 0.29) is 18.2 Å². The average molecular weight is 348 g/mol. The van der Waals surface area contributed by atoms with Crippen LogP contribution in [0.25, 0.3) is 0 Å². The standard InChI is InChI=1S/C20H16N2O4/c23-17(11-22-19(25)14-5-1-2-6-15(14)20(22)26)13-8-9-16-12(10-13)4-3-7-18(24)21-16/h1-2,5-6,8-10H,3-4,7,11H2,(H,21,24). The maximum atomic E-state index is 12.6. The van der Waals surface area contributed by atoms with Gasteiger partial charge >= 0.3 is 0 Å². The fourth-order valence-corrected chi connectivity index (χ4v) is 3.37. The quantitative estimate of drug-likeness (QED) is 0.682. The second kappa shape index (κ2) is 6.22. The molecule has 6 nitrogen and oxygen atoms in total. The number of anilines is 1. The van der Waals surface area contributed by atoms with Crippen molar-refractivity contribution in [1.82, 2.24) is 4.90 Å². The van der Waals surface area contributed by atoms with Crippen LogP contribution in [0.3, 0.4) is 0 Å². The van der Waals surface area contributed by atoms with Gasteiger partial charge in [0.25, 0.3) is 11.8 Å². The summed E-state index contributed by atoms with van der Waals surface area (Å²) >= 11 is 0. The van der Waals surface area contributed by atoms with E-state index in [2.05, 4.69) is 5.32 Å². The van der Waals surface area contributed by atoms with E-state index in [4.69, 9.17) is 0 Å². The number of aryl methyl sites for hydroxylation is 1. The number of carbonyl (C=O) groups excluding carboxylic acids is 4. The number of rotatable bonds is 3. The van der Waals surface area contributed by atoms with Crippen molar-refractivity contribution in [3.63, 3.8) is 0 Å². The van der Waals surface area contributed by atoms with Gasteiger partial charge in [-0.2, -0.15) is 0 Å². The highest BCUT2D eigenvalue weighted by Crippen LogP contribution is 2.25. The normalized spacial score (nSPS) is 16.0. The van der Waals surface area contributed by atoms with Crippen LogP contribution in [0.1, 0.15) is 49.5 Å². The fourth-order valence-electron chi connectivity index (χ4n) is 3.37.